The molecule has 2 N–H and O–H groups in total. The van der Waals surface area contributed by atoms with Gasteiger partial charge in [-0.1, -0.05) is 5.16 Å². The Hall–Kier alpha value is -2.05. The third kappa shape index (κ3) is 4.45. The number of nitrogens with zero attached hydrogens (tertiary/aromatic N) is 1. The first-order chi connectivity index (χ1) is 7.72. The minimum absolute atomic E-state index is 0.137. The molecule has 0 aliphatic carbocycles. The third-order valence-electron chi connectivity index (χ3n) is 1.59. The molecule has 1 aromatic rings. The average molecular weight is 227 g/mol. The van der Waals surface area contributed by atoms with Crippen molar-refractivity contribution >= 4 is 17.9 Å². The highest BCUT2D eigenvalue weighted by Crippen LogP contribution is 2.02. The molecular weight excluding hydrogens is 214 g/mol. The molecular formula is C9H13N3O4. The number of rotatable bonds is 5. The number of esters is 1. The summed E-state index contributed by atoms with van der Waals surface area (Å²) in [7, 11) is 0. The van der Waals surface area contributed by atoms with Gasteiger partial charge >= 0.3 is 12.0 Å². The van der Waals surface area contributed by atoms with Crippen LogP contribution in [0.15, 0.2) is 16.8 Å². The molecule has 0 unspecified atom stereocenters. The summed E-state index contributed by atoms with van der Waals surface area (Å²) >= 11 is 0. The van der Waals surface area contributed by atoms with E-state index < -0.39 is 6.03 Å². The first-order valence-electron chi connectivity index (χ1n) is 4.83. The van der Waals surface area contributed by atoms with E-state index >= 15 is 0 Å². The number of ether oxygens (including phenoxy) is 1. The standard InChI is InChI=1S/C9H13N3O4/c1-2-15-8(13)4-5-10-9(14)12-7-3-6-11-16-7/h3,6H,2,4-5H2,1H3,(H2,10,12,14). The van der Waals surface area contributed by atoms with E-state index in [9.17, 15) is 9.59 Å². The number of nitrogens with one attached hydrogen (secondary N) is 2. The van der Waals surface area contributed by atoms with Crippen LogP contribution in [-0.2, 0) is 9.53 Å². The fourth-order valence-corrected chi connectivity index (χ4v) is 0.948. The number of aromatic nitrogens is 1. The van der Waals surface area contributed by atoms with Gasteiger partial charge in [0.05, 0.1) is 19.2 Å². The van der Waals surface area contributed by atoms with Crippen molar-refractivity contribution in [3.8, 4) is 0 Å². The molecule has 0 radical (unpaired) electrons. The van der Waals surface area contributed by atoms with Crippen LogP contribution in [0.4, 0.5) is 10.7 Å². The van der Waals surface area contributed by atoms with Crippen LogP contribution >= 0.6 is 0 Å². The smallest absolute Gasteiger partial charge is 0.321 e. The van der Waals surface area contributed by atoms with Gasteiger partial charge in [-0.3, -0.25) is 10.1 Å². The SMILES string of the molecule is CCOC(=O)CCNC(=O)Nc1ccno1. The van der Waals surface area contributed by atoms with Gasteiger partial charge in [-0.15, -0.1) is 0 Å². The maximum absolute atomic E-state index is 11.2. The van der Waals surface area contributed by atoms with Gasteiger partial charge in [-0.05, 0) is 6.92 Å². The van der Waals surface area contributed by atoms with E-state index in [1.165, 1.54) is 12.3 Å². The zero-order chi connectivity index (χ0) is 11.8. The van der Waals surface area contributed by atoms with Crippen LogP contribution in [0.5, 0.6) is 0 Å². The maximum atomic E-state index is 11.2. The Morgan fingerprint density at radius 1 is 1.56 bits per heavy atom. The molecule has 0 aliphatic rings. The lowest BCUT2D eigenvalue weighted by molar-refractivity contribution is -0.142. The second-order valence-electron chi connectivity index (χ2n) is 2.81. The number of amides is 2. The van der Waals surface area contributed by atoms with Crippen LogP contribution in [0.3, 0.4) is 0 Å². The monoisotopic (exact) mass is 227 g/mol. The fraction of sp³-hybridized carbons (Fsp3) is 0.444. The molecule has 1 heterocycles. The van der Waals surface area contributed by atoms with Gasteiger partial charge in [0, 0.05) is 12.6 Å². The number of anilines is 1. The van der Waals surface area contributed by atoms with Gasteiger partial charge in [0.1, 0.15) is 0 Å². The van der Waals surface area contributed by atoms with Crippen molar-refractivity contribution in [2.75, 3.05) is 18.5 Å². The van der Waals surface area contributed by atoms with Crippen LogP contribution in [0.1, 0.15) is 13.3 Å². The van der Waals surface area contributed by atoms with Crippen LogP contribution < -0.4 is 10.6 Å². The van der Waals surface area contributed by atoms with E-state index in [0.29, 0.717) is 6.61 Å². The summed E-state index contributed by atoms with van der Waals surface area (Å²) in [4.78, 5) is 22.1. The summed E-state index contributed by atoms with van der Waals surface area (Å²) in [5.41, 5.74) is 0. The molecule has 0 aliphatic heterocycles. The van der Waals surface area contributed by atoms with Crippen molar-refractivity contribution in [2.24, 2.45) is 0 Å². The van der Waals surface area contributed by atoms with E-state index in [1.807, 2.05) is 0 Å². The summed E-state index contributed by atoms with van der Waals surface area (Å²) in [6.45, 7) is 2.27. The van der Waals surface area contributed by atoms with E-state index in [-0.39, 0.29) is 24.8 Å². The fourth-order valence-electron chi connectivity index (χ4n) is 0.948. The third-order valence-corrected chi connectivity index (χ3v) is 1.59. The van der Waals surface area contributed by atoms with E-state index in [4.69, 9.17) is 4.74 Å². The van der Waals surface area contributed by atoms with Crippen molar-refractivity contribution in [2.45, 2.75) is 13.3 Å². The van der Waals surface area contributed by atoms with Crippen LogP contribution in [0.25, 0.3) is 0 Å². The Labute approximate surface area is 92.1 Å². The molecule has 0 spiro atoms. The Bertz CT molecular complexity index is 337. The van der Waals surface area contributed by atoms with Crippen molar-refractivity contribution in [3.63, 3.8) is 0 Å². The quantitative estimate of drug-likeness (QED) is 0.724. The van der Waals surface area contributed by atoms with E-state index in [0.717, 1.165) is 0 Å². The first kappa shape index (κ1) is 12.0. The molecule has 88 valence electrons. The zero-order valence-electron chi connectivity index (χ0n) is 8.86. The molecule has 0 saturated carbocycles. The molecule has 16 heavy (non-hydrogen) atoms. The van der Waals surface area contributed by atoms with Crippen molar-refractivity contribution < 1.29 is 18.8 Å². The van der Waals surface area contributed by atoms with Crippen LogP contribution in [-0.4, -0.2) is 30.3 Å². The molecule has 7 nitrogen and oxygen atoms in total. The Morgan fingerprint density at radius 3 is 3.00 bits per heavy atom. The summed E-state index contributed by atoms with van der Waals surface area (Å²) < 4.78 is 9.35. The molecule has 0 bridgehead atoms. The predicted molar refractivity (Wildman–Crippen MR) is 54.8 cm³/mol. The van der Waals surface area contributed by atoms with Gasteiger partial charge < -0.3 is 14.6 Å². The largest absolute Gasteiger partial charge is 0.466 e. The second-order valence-corrected chi connectivity index (χ2v) is 2.81. The second kappa shape index (κ2) is 6.44. The number of hydrogen-bond donors (Lipinski definition) is 2. The van der Waals surface area contributed by atoms with Crippen molar-refractivity contribution in [1.29, 1.82) is 0 Å². The van der Waals surface area contributed by atoms with E-state index in [1.54, 1.807) is 6.92 Å². The summed E-state index contributed by atoms with van der Waals surface area (Å²) in [5, 5.41) is 8.28. The Balaban J connectivity index is 2.13. The van der Waals surface area contributed by atoms with Crippen LogP contribution in [0, 0.1) is 0 Å². The van der Waals surface area contributed by atoms with Crippen molar-refractivity contribution in [1.82, 2.24) is 10.5 Å². The van der Waals surface area contributed by atoms with Gasteiger partial charge in [0.15, 0.2) is 0 Å². The average Bonchev–Trinajstić information content (AvgIpc) is 2.70. The summed E-state index contributed by atoms with van der Waals surface area (Å²) in [5.74, 6) is -0.101. The molecule has 1 aromatic heterocycles. The topological polar surface area (TPSA) is 93.5 Å². The van der Waals surface area contributed by atoms with E-state index in [2.05, 4.69) is 20.3 Å². The highest BCUT2D eigenvalue weighted by Gasteiger charge is 2.05. The summed E-state index contributed by atoms with van der Waals surface area (Å²) in [6.07, 6.45) is 1.55. The Morgan fingerprint density at radius 2 is 2.38 bits per heavy atom. The lowest BCUT2D eigenvalue weighted by atomic mass is 10.4. The molecule has 0 aromatic carbocycles. The van der Waals surface area contributed by atoms with Crippen LogP contribution in [0.2, 0.25) is 0 Å². The molecule has 7 heteroatoms. The predicted octanol–water partition coefficient (Wildman–Crippen LogP) is 0.749. The molecule has 0 atom stereocenters. The highest BCUT2D eigenvalue weighted by molar-refractivity contribution is 5.87. The highest BCUT2D eigenvalue weighted by atomic mass is 16.5. The lowest BCUT2D eigenvalue weighted by Crippen LogP contribution is -2.30. The minimum Gasteiger partial charge on any atom is -0.466 e. The first-order valence-corrected chi connectivity index (χ1v) is 4.83. The lowest BCUT2D eigenvalue weighted by Gasteiger charge is -2.04. The van der Waals surface area contributed by atoms with Gasteiger partial charge in [0.2, 0.25) is 5.88 Å². The number of urea groups is 1. The molecule has 2 amide bonds. The minimum atomic E-state index is -0.457. The molecule has 1 rings (SSSR count). The number of carbonyl (C=O) groups is 2. The summed E-state index contributed by atoms with van der Waals surface area (Å²) in [6, 6.07) is 1.05. The normalized spacial score (nSPS) is 9.56. The van der Waals surface area contributed by atoms with Gasteiger partial charge in [0.25, 0.3) is 0 Å². The van der Waals surface area contributed by atoms with Crippen molar-refractivity contribution in [3.05, 3.63) is 12.3 Å². The Kier molecular flexibility index (Phi) is 4.84. The van der Waals surface area contributed by atoms with Gasteiger partial charge in [-0.25, -0.2) is 4.79 Å². The molecule has 0 fully saturated rings. The number of carbonyl (C=O) groups excluding carboxylic acids is 2. The zero-order valence-corrected chi connectivity index (χ0v) is 8.86. The molecule has 0 saturated heterocycles. The van der Waals surface area contributed by atoms with Gasteiger partial charge in [-0.2, -0.15) is 0 Å². The maximum Gasteiger partial charge on any atom is 0.321 e. The number of hydrogen-bond acceptors (Lipinski definition) is 5.